The average molecular weight is 304 g/mol. The quantitative estimate of drug-likeness (QED) is 0.897. The Morgan fingerprint density at radius 2 is 1.50 bits per heavy atom. The van der Waals surface area contributed by atoms with E-state index in [9.17, 15) is 5.11 Å². The Bertz CT molecular complexity index is 418. The van der Waals surface area contributed by atoms with Crippen LogP contribution in [-0.4, -0.2) is 25.4 Å². The van der Waals surface area contributed by atoms with Crippen molar-refractivity contribution >= 4 is 12.4 Å². The maximum Gasteiger partial charge on any atom is 0.127 e. The van der Waals surface area contributed by atoms with Gasteiger partial charge in [-0.1, -0.05) is 20.8 Å². The summed E-state index contributed by atoms with van der Waals surface area (Å²) >= 11 is 0. The van der Waals surface area contributed by atoms with Gasteiger partial charge in [-0.2, -0.15) is 0 Å². The maximum atomic E-state index is 10.4. The van der Waals surface area contributed by atoms with E-state index in [0.29, 0.717) is 17.1 Å². The number of hydrogen-bond acceptors (Lipinski definition) is 4. The van der Waals surface area contributed by atoms with Crippen LogP contribution in [0.2, 0.25) is 0 Å². The number of rotatable bonds is 4. The van der Waals surface area contributed by atoms with E-state index in [1.54, 1.807) is 14.2 Å². The zero-order valence-corrected chi connectivity index (χ0v) is 13.9. The van der Waals surface area contributed by atoms with E-state index >= 15 is 0 Å². The zero-order valence-electron chi connectivity index (χ0n) is 13.1. The smallest absolute Gasteiger partial charge is 0.127 e. The summed E-state index contributed by atoms with van der Waals surface area (Å²) in [6.07, 6.45) is -0.696. The molecular formula is C15H26ClNO3. The Morgan fingerprint density at radius 3 is 1.80 bits per heavy atom. The first-order valence-corrected chi connectivity index (χ1v) is 6.38. The summed E-state index contributed by atoms with van der Waals surface area (Å²) in [4.78, 5) is 0. The molecule has 0 aliphatic carbocycles. The van der Waals surface area contributed by atoms with Crippen molar-refractivity contribution in [3.8, 4) is 11.5 Å². The van der Waals surface area contributed by atoms with Crippen molar-refractivity contribution in [1.82, 2.24) is 0 Å². The second-order valence-corrected chi connectivity index (χ2v) is 5.92. The van der Waals surface area contributed by atoms with Crippen LogP contribution < -0.4 is 15.2 Å². The van der Waals surface area contributed by atoms with E-state index in [4.69, 9.17) is 15.2 Å². The summed E-state index contributed by atoms with van der Waals surface area (Å²) in [7, 11) is 3.18. The molecule has 1 aromatic rings. The lowest BCUT2D eigenvalue weighted by molar-refractivity contribution is 0.0388. The summed E-state index contributed by atoms with van der Waals surface area (Å²) < 4.78 is 10.8. The van der Waals surface area contributed by atoms with Gasteiger partial charge in [0.2, 0.25) is 0 Å². The number of ether oxygens (including phenoxy) is 2. The van der Waals surface area contributed by atoms with E-state index in [1.807, 2.05) is 39.8 Å². The number of aryl methyl sites for hydroxylation is 1. The van der Waals surface area contributed by atoms with E-state index < -0.39 is 12.1 Å². The topological polar surface area (TPSA) is 64.7 Å². The molecule has 20 heavy (non-hydrogen) atoms. The Kier molecular flexibility index (Phi) is 6.81. The van der Waals surface area contributed by atoms with Crippen LogP contribution in [0.4, 0.5) is 0 Å². The molecule has 0 aromatic heterocycles. The van der Waals surface area contributed by atoms with Crippen LogP contribution in [-0.2, 0) is 0 Å². The third kappa shape index (κ3) is 4.01. The fourth-order valence-electron chi connectivity index (χ4n) is 2.09. The molecule has 0 amide bonds. The second-order valence-electron chi connectivity index (χ2n) is 5.92. The molecule has 5 heteroatoms. The van der Waals surface area contributed by atoms with E-state index in [1.165, 1.54) is 0 Å². The van der Waals surface area contributed by atoms with Crippen molar-refractivity contribution < 1.29 is 14.6 Å². The highest BCUT2D eigenvalue weighted by atomic mass is 35.5. The van der Waals surface area contributed by atoms with Crippen LogP contribution in [0.1, 0.15) is 37.9 Å². The number of benzene rings is 1. The van der Waals surface area contributed by atoms with E-state index in [0.717, 1.165) is 5.56 Å². The van der Waals surface area contributed by atoms with Gasteiger partial charge >= 0.3 is 0 Å². The molecule has 0 aliphatic rings. The lowest BCUT2D eigenvalue weighted by atomic mass is 9.82. The molecule has 0 fully saturated rings. The molecule has 0 bridgehead atoms. The molecule has 1 aromatic carbocycles. The molecule has 4 nitrogen and oxygen atoms in total. The van der Waals surface area contributed by atoms with Crippen LogP contribution in [0.5, 0.6) is 11.5 Å². The van der Waals surface area contributed by atoms with Crippen LogP contribution in [0.25, 0.3) is 0 Å². The van der Waals surface area contributed by atoms with Gasteiger partial charge in [-0.25, -0.2) is 0 Å². The summed E-state index contributed by atoms with van der Waals surface area (Å²) in [6.45, 7) is 7.81. The fraction of sp³-hybridized carbons (Fsp3) is 0.600. The van der Waals surface area contributed by atoms with Crippen molar-refractivity contribution in [1.29, 1.82) is 0 Å². The number of methoxy groups -OCH3 is 2. The van der Waals surface area contributed by atoms with Crippen molar-refractivity contribution in [2.45, 2.75) is 39.8 Å². The van der Waals surface area contributed by atoms with Crippen LogP contribution in [0, 0.1) is 12.3 Å². The Labute approximate surface area is 127 Å². The zero-order chi connectivity index (χ0) is 14.8. The third-order valence-corrected chi connectivity index (χ3v) is 3.25. The van der Waals surface area contributed by atoms with Crippen molar-refractivity contribution in [3.63, 3.8) is 0 Å². The first-order valence-electron chi connectivity index (χ1n) is 6.38. The normalized spacial score (nSPS) is 14.2. The minimum absolute atomic E-state index is 0. The summed E-state index contributed by atoms with van der Waals surface area (Å²) in [5, 5.41) is 10.4. The molecule has 0 heterocycles. The Morgan fingerprint density at radius 1 is 1.10 bits per heavy atom. The minimum Gasteiger partial charge on any atom is -0.496 e. The van der Waals surface area contributed by atoms with Gasteiger partial charge in [0.1, 0.15) is 11.5 Å². The van der Waals surface area contributed by atoms with Gasteiger partial charge in [-0.15, -0.1) is 12.4 Å². The third-order valence-electron chi connectivity index (χ3n) is 3.25. The highest BCUT2D eigenvalue weighted by Gasteiger charge is 2.32. The highest BCUT2D eigenvalue weighted by Crippen LogP contribution is 2.39. The maximum absolute atomic E-state index is 10.4. The number of nitrogens with two attached hydrogens (primary N) is 1. The molecule has 0 unspecified atom stereocenters. The number of aliphatic hydroxyl groups is 1. The van der Waals surface area contributed by atoms with Gasteiger partial charge in [0, 0.05) is 0 Å². The van der Waals surface area contributed by atoms with Crippen molar-refractivity contribution in [2.24, 2.45) is 11.1 Å². The monoisotopic (exact) mass is 303 g/mol. The van der Waals surface area contributed by atoms with Gasteiger partial charge in [0.05, 0.1) is 31.9 Å². The van der Waals surface area contributed by atoms with Gasteiger partial charge in [0.15, 0.2) is 0 Å². The fourth-order valence-corrected chi connectivity index (χ4v) is 2.09. The highest BCUT2D eigenvalue weighted by molar-refractivity contribution is 5.85. The van der Waals surface area contributed by atoms with Gasteiger partial charge in [-0.05, 0) is 30.0 Å². The molecule has 3 N–H and O–H groups in total. The molecule has 116 valence electrons. The SMILES string of the molecule is COc1cc(C)cc(OC)c1[C@@H](N)[C@@H](O)C(C)(C)C.Cl. The van der Waals surface area contributed by atoms with E-state index in [-0.39, 0.29) is 17.8 Å². The largest absolute Gasteiger partial charge is 0.496 e. The lowest BCUT2D eigenvalue weighted by Crippen LogP contribution is -2.37. The first kappa shape index (κ1) is 19.0. The predicted octanol–water partition coefficient (Wildman–Crippen LogP) is 2.84. The molecule has 0 aliphatic heterocycles. The molecular weight excluding hydrogens is 278 g/mol. The number of aliphatic hydroxyl groups excluding tert-OH is 1. The summed E-state index contributed by atoms with van der Waals surface area (Å²) in [5.41, 5.74) is 7.63. The lowest BCUT2D eigenvalue weighted by Gasteiger charge is -2.32. The minimum atomic E-state index is -0.696. The van der Waals surface area contributed by atoms with Gasteiger partial charge in [-0.3, -0.25) is 0 Å². The summed E-state index contributed by atoms with van der Waals surface area (Å²) in [5.74, 6) is 1.29. The standard InChI is InChI=1S/C15H25NO3.ClH/c1-9-7-10(18-5)12(11(8-9)19-6)13(16)14(17)15(2,3)4;/h7-8,13-14,17H,16H2,1-6H3;1H/t13-,14-;/m1./s1. The molecule has 0 saturated carbocycles. The molecule has 1 rings (SSSR count). The summed E-state index contributed by atoms with van der Waals surface area (Å²) in [6, 6.07) is 3.23. The Hall–Kier alpha value is -0.970. The van der Waals surface area contributed by atoms with Crippen molar-refractivity contribution in [3.05, 3.63) is 23.3 Å². The average Bonchev–Trinajstić information content (AvgIpc) is 2.34. The Balaban J connectivity index is 0.00000361. The molecule has 0 spiro atoms. The predicted molar refractivity (Wildman–Crippen MR) is 83.9 cm³/mol. The van der Waals surface area contributed by atoms with Gasteiger partial charge < -0.3 is 20.3 Å². The second kappa shape index (κ2) is 7.16. The van der Waals surface area contributed by atoms with E-state index in [2.05, 4.69) is 0 Å². The van der Waals surface area contributed by atoms with Crippen molar-refractivity contribution in [2.75, 3.05) is 14.2 Å². The van der Waals surface area contributed by atoms with Crippen LogP contribution in [0.3, 0.4) is 0 Å². The van der Waals surface area contributed by atoms with Gasteiger partial charge in [0.25, 0.3) is 0 Å². The molecule has 2 atom stereocenters. The molecule has 0 radical (unpaired) electrons. The number of halogens is 1. The first-order chi connectivity index (χ1) is 8.72. The van der Waals surface area contributed by atoms with Crippen LogP contribution >= 0.6 is 12.4 Å². The molecule has 0 saturated heterocycles. The number of hydrogen-bond donors (Lipinski definition) is 2. The van der Waals surface area contributed by atoms with Crippen LogP contribution in [0.15, 0.2) is 12.1 Å².